The van der Waals surface area contributed by atoms with Gasteiger partial charge in [-0.2, -0.15) is 0 Å². The number of carbonyl (C=O) groups excluding carboxylic acids is 3. The van der Waals surface area contributed by atoms with Crippen LogP contribution in [0.5, 0.6) is 5.75 Å². The number of benzene rings is 3. The van der Waals surface area contributed by atoms with E-state index in [0.717, 1.165) is 0 Å². The van der Waals surface area contributed by atoms with Gasteiger partial charge < -0.3 is 15.0 Å². The van der Waals surface area contributed by atoms with Crippen molar-refractivity contribution < 1.29 is 28.3 Å². The van der Waals surface area contributed by atoms with Gasteiger partial charge in [0.05, 0.1) is 18.7 Å². The van der Waals surface area contributed by atoms with Crippen molar-refractivity contribution in [3.05, 3.63) is 95.1 Å². The highest BCUT2D eigenvalue weighted by atomic mass is 35.5. The number of anilines is 3. The Bertz CT molecular complexity index is 1650. The number of aromatic nitrogens is 2. The molecule has 1 atom stereocenters. The van der Waals surface area contributed by atoms with Gasteiger partial charge in [-0.05, 0) is 84.5 Å². The third kappa shape index (κ3) is 6.65. The van der Waals surface area contributed by atoms with E-state index in [1.54, 1.807) is 90.8 Å². The first-order valence-electron chi connectivity index (χ1n) is 13.4. The van der Waals surface area contributed by atoms with Crippen molar-refractivity contribution in [3.63, 3.8) is 0 Å². The molecule has 0 spiro atoms. The van der Waals surface area contributed by atoms with E-state index in [0.29, 0.717) is 40.0 Å². The largest absolute Gasteiger partial charge is 0.494 e. The van der Waals surface area contributed by atoms with E-state index in [9.17, 15) is 14.4 Å². The maximum absolute atomic E-state index is 13.9. The number of amides is 3. The topological polar surface area (TPSA) is 121 Å². The molecule has 5 rings (SSSR count). The van der Waals surface area contributed by atoms with Crippen LogP contribution >= 0.6 is 23.8 Å². The van der Waals surface area contributed by atoms with Gasteiger partial charge in [0.25, 0.3) is 17.5 Å². The van der Waals surface area contributed by atoms with Gasteiger partial charge in [-0.15, -0.1) is 0 Å². The maximum Gasteiger partial charge on any atom is 0.307 e. The van der Waals surface area contributed by atoms with E-state index in [1.165, 1.54) is 9.58 Å². The van der Waals surface area contributed by atoms with Crippen molar-refractivity contribution in [1.29, 1.82) is 0 Å². The zero-order valence-electron chi connectivity index (χ0n) is 23.3. The molecule has 0 bridgehead atoms. The van der Waals surface area contributed by atoms with Crippen LogP contribution in [0.2, 0.25) is 5.02 Å². The molecule has 13 heteroatoms. The van der Waals surface area contributed by atoms with Crippen molar-refractivity contribution in [3.8, 4) is 5.75 Å². The molecule has 1 saturated heterocycles. The van der Waals surface area contributed by atoms with Gasteiger partial charge in [-0.25, -0.2) is 0 Å². The van der Waals surface area contributed by atoms with E-state index < -0.39 is 17.9 Å². The fraction of sp³-hybridized carbons (Fsp3) is 0.200. The predicted molar refractivity (Wildman–Crippen MR) is 164 cm³/mol. The van der Waals surface area contributed by atoms with Gasteiger partial charge in [-0.3, -0.25) is 29.1 Å². The Morgan fingerprint density at radius 1 is 1.05 bits per heavy atom. The van der Waals surface area contributed by atoms with Crippen molar-refractivity contribution in [2.24, 2.45) is 7.05 Å². The van der Waals surface area contributed by atoms with Crippen LogP contribution in [0, 0.1) is 0 Å². The molecule has 1 fully saturated rings. The lowest BCUT2D eigenvalue weighted by molar-refractivity contribution is -0.746. The Hall–Kier alpha value is -4.81. The smallest absolute Gasteiger partial charge is 0.307 e. The van der Waals surface area contributed by atoms with Gasteiger partial charge in [-0.1, -0.05) is 29.8 Å². The van der Waals surface area contributed by atoms with Crippen LogP contribution in [0.25, 0.3) is 0 Å². The van der Waals surface area contributed by atoms with Gasteiger partial charge in [0.15, 0.2) is 12.2 Å². The number of ether oxygens (including phenoxy) is 1. The summed E-state index contributed by atoms with van der Waals surface area (Å²) < 4.78 is 12.4. The van der Waals surface area contributed by atoms with Crippen LogP contribution < -0.4 is 25.0 Å². The Kier molecular flexibility index (Phi) is 8.98. The third-order valence-corrected chi connectivity index (χ3v) is 7.39. The summed E-state index contributed by atoms with van der Waals surface area (Å²) in [7, 11) is 1.64. The predicted octanol–water partition coefficient (Wildman–Crippen LogP) is 4.33. The minimum absolute atomic E-state index is 0.0153. The Morgan fingerprint density at radius 3 is 2.42 bits per heavy atom. The summed E-state index contributed by atoms with van der Waals surface area (Å²) in [5.41, 5.74) is 1.93. The van der Waals surface area contributed by atoms with Gasteiger partial charge in [0, 0.05) is 16.3 Å². The summed E-state index contributed by atoms with van der Waals surface area (Å²) in [6, 6.07) is 21.3. The molecule has 11 nitrogen and oxygen atoms in total. The van der Waals surface area contributed by atoms with E-state index in [2.05, 4.69) is 15.9 Å². The number of carbonyl (C=O) groups is 3. The SMILES string of the molecule is CCOc1ccc(N2C(=O)C(CC(=O)Nc3ccc(Cl)cc3)N(Cc3c(NC(=O)c4ccccc4)on[n+]3C)C2=S)cc1. The summed E-state index contributed by atoms with van der Waals surface area (Å²) in [4.78, 5) is 42.9. The average Bonchev–Trinajstić information content (AvgIpc) is 3.46. The van der Waals surface area contributed by atoms with Crippen LogP contribution in [0.3, 0.4) is 0 Å². The second-order valence-corrected chi connectivity index (χ2v) is 10.4. The fourth-order valence-electron chi connectivity index (χ4n) is 4.58. The molecule has 1 aliphatic heterocycles. The third-order valence-electron chi connectivity index (χ3n) is 6.72. The minimum atomic E-state index is -0.959. The second kappa shape index (κ2) is 13.0. The number of thiocarbonyl (C=S) groups is 1. The Labute approximate surface area is 257 Å². The highest BCUT2D eigenvalue weighted by molar-refractivity contribution is 7.80. The lowest BCUT2D eigenvalue weighted by atomic mass is 10.1. The van der Waals surface area contributed by atoms with E-state index >= 15 is 0 Å². The average molecular weight is 620 g/mol. The molecular weight excluding hydrogens is 592 g/mol. The molecule has 2 N–H and O–H groups in total. The van der Waals surface area contributed by atoms with Crippen LogP contribution in [0.15, 0.2) is 83.4 Å². The lowest BCUT2D eigenvalue weighted by Crippen LogP contribution is -2.43. The first kappa shape index (κ1) is 29.7. The highest BCUT2D eigenvalue weighted by Crippen LogP contribution is 2.31. The molecule has 1 aliphatic rings. The summed E-state index contributed by atoms with van der Waals surface area (Å²) in [6.07, 6.45) is -0.199. The van der Waals surface area contributed by atoms with E-state index in [-0.39, 0.29) is 29.9 Å². The molecule has 3 amide bonds. The number of hydrogen-bond donors (Lipinski definition) is 2. The maximum atomic E-state index is 13.9. The normalized spacial score (nSPS) is 14.6. The van der Waals surface area contributed by atoms with Gasteiger partial charge in [0.2, 0.25) is 11.2 Å². The standard InChI is InChI=1S/C30H27ClN6O5S/c1-3-41-23-15-13-22(14-16-23)37-29(40)24(17-26(38)32-21-11-9-20(31)10-12-21)36(30(37)43)18-25-28(42-34-35(25)2)33-27(39)19-7-5-4-6-8-19/h4-16,24H,3,17-18H2,1-2H3,(H-,32,33,34,38,39)/p+1. The molecule has 43 heavy (non-hydrogen) atoms. The van der Waals surface area contributed by atoms with Crippen molar-refractivity contribution >= 4 is 63.9 Å². The quantitative estimate of drug-likeness (QED) is 0.199. The number of aryl methyl sites for hydroxylation is 1. The summed E-state index contributed by atoms with van der Waals surface area (Å²) in [6.45, 7) is 2.39. The van der Waals surface area contributed by atoms with Crippen LogP contribution in [0.1, 0.15) is 29.4 Å². The Balaban J connectivity index is 1.43. The molecule has 1 aromatic heterocycles. The number of nitrogens with zero attached hydrogens (tertiary/aromatic N) is 4. The zero-order valence-corrected chi connectivity index (χ0v) is 24.9. The molecular formula is C30H28ClN6O5S+. The molecule has 4 aromatic rings. The second-order valence-electron chi connectivity index (χ2n) is 9.58. The molecule has 2 heterocycles. The number of nitrogens with one attached hydrogen (secondary N) is 2. The fourth-order valence-corrected chi connectivity index (χ4v) is 5.09. The van der Waals surface area contributed by atoms with Gasteiger partial charge >= 0.3 is 5.88 Å². The first-order valence-corrected chi connectivity index (χ1v) is 14.2. The molecule has 3 aromatic carbocycles. The molecule has 220 valence electrons. The Morgan fingerprint density at radius 2 is 1.74 bits per heavy atom. The number of hydrogen-bond acceptors (Lipinski definition) is 7. The first-order chi connectivity index (χ1) is 20.7. The monoisotopic (exact) mass is 619 g/mol. The minimum Gasteiger partial charge on any atom is -0.494 e. The van der Waals surface area contributed by atoms with Crippen molar-refractivity contribution in [2.45, 2.75) is 25.9 Å². The van der Waals surface area contributed by atoms with Crippen molar-refractivity contribution in [2.75, 3.05) is 22.1 Å². The van der Waals surface area contributed by atoms with E-state index in [4.69, 9.17) is 33.1 Å². The summed E-state index contributed by atoms with van der Waals surface area (Å²) in [5.74, 6) is -0.428. The van der Waals surface area contributed by atoms with Crippen LogP contribution in [-0.2, 0) is 23.2 Å². The van der Waals surface area contributed by atoms with E-state index in [1.807, 2.05) is 6.92 Å². The summed E-state index contributed by atoms with van der Waals surface area (Å²) in [5, 5.41) is 10.2. The number of halogens is 1. The zero-order chi connectivity index (χ0) is 30.5. The van der Waals surface area contributed by atoms with Gasteiger partial charge in [0.1, 0.15) is 18.3 Å². The van der Waals surface area contributed by atoms with Crippen molar-refractivity contribution in [1.82, 2.24) is 10.2 Å². The molecule has 0 saturated carbocycles. The van der Waals surface area contributed by atoms with Crippen LogP contribution in [-0.4, -0.2) is 45.7 Å². The molecule has 0 radical (unpaired) electrons. The summed E-state index contributed by atoms with van der Waals surface area (Å²) >= 11 is 11.8. The number of rotatable bonds is 10. The molecule has 1 unspecified atom stereocenters. The molecule has 0 aliphatic carbocycles. The highest BCUT2D eigenvalue weighted by Gasteiger charge is 2.46. The lowest BCUT2D eigenvalue weighted by Gasteiger charge is -2.22. The van der Waals surface area contributed by atoms with Crippen LogP contribution in [0.4, 0.5) is 17.3 Å².